The summed E-state index contributed by atoms with van der Waals surface area (Å²) in [6, 6.07) is 99.3. The molecule has 0 fully saturated rings. The molecule has 0 radical (unpaired) electrons. The van der Waals surface area contributed by atoms with Crippen LogP contribution >= 0.6 is 34.3 Å². The Morgan fingerprint density at radius 1 is 0.292 bits per heavy atom. The van der Waals surface area contributed by atoms with E-state index < -0.39 is 0 Å². The molecule has 14 aromatic carbocycles. The van der Waals surface area contributed by atoms with Gasteiger partial charge < -0.3 is 0 Å². The highest BCUT2D eigenvalue weighted by molar-refractivity contribution is 7.25. The maximum Gasteiger partial charge on any atom is 0.166 e. The fourth-order valence-corrected chi connectivity index (χ4v) is 16.0. The molecule has 5 nitrogen and oxygen atoms in total. The predicted molar refractivity (Wildman–Crippen MR) is 380 cm³/mol. The van der Waals surface area contributed by atoms with E-state index in [1.165, 1.54) is 102 Å². The Labute approximate surface area is 523 Å². The summed E-state index contributed by atoms with van der Waals surface area (Å²) >= 11 is 9.99. The monoisotopic (exact) mass is 1190 g/mol. The van der Waals surface area contributed by atoms with E-state index in [2.05, 4.69) is 271 Å². The number of benzene rings is 14. The van der Waals surface area contributed by atoms with Crippen molar-refractivity contribution in [3.05, 3.63) is 295 Å². The number of para-hydroxylation sites is 1. The van der Waals surface area contributed by atoms with Crippen LogP contribution in [-0.2, 0) is 6.42 Å². The van der Waals surface area contributed by atoms with E-state index in [0.717, 1.165) is 82.6 Å². The van der Waals surface area contributed by atoms with Gasteiger partial charge in [0.05, 0.1) is 11.0 Å². The van der Waals surface area contributed by atoms with E-state index in [0.29, 0.717) is 5.15 Å². The molecule has 0 amide bonds. The van der Waals surface area contributed by atoms with E-state index in [1.54, 1.807) is 22.7 Å². The van der Waals surface area contributed by atoms with Crippen molar-refractivity contribution in [1.29, 1.82) is 0 Å². The first kappa shape index (κ1) is 51.5. The third-order valence-electron chi connectivity index (χ3n) is 17.8. The number of fused-ring (bicyclic) bond motifs is 20. The number of halogens is 1. The van der Waals surface area contributed by atoms with Gasteiger partial charge in [0.15, 0.2) is 11.0 Å². The zero-order valence-electron chi connectivity index (χ0n) is 47.7. The Bertz CT molecular complexity index is 6140. The lowest BCUT2D eigenvalue weighted by Gasteiger charge is -2.16. The fourth-order valence-electron chi connectivity index (χ4n) is 13.7. The fraction of sp³-hybridized carbons (Fsp3) is 0.0123. The highest BCUT2D eigenvalue weighted by Gasteiger charge is 2.24. The van der Waals surface area contributed by atoms with Gasteiger partial charge in [0, 0.05) is 42.1 Å². The van der Waals surface area contributed by atoms with Crippen molar-refractivity contribution in [1.82, 2.24) is 24.5 Å². The highest BCUT2D eigenvalue weighted by Crippen LogP contribution is 2.45. The summed E-state index contributed by atoms with van der Waals surface area (Å²) in [6.45, 7) is 0. The topological polar surface area (TPSA) is 56.5 Å². The molecule has 5 heterocycles. The summed E-state index contributed by atoms with van der Waals surface area (Å²) in [4.78, 5) is 22.6. The van der Waals surface area contributed by atoms with Crippen molar-refractivity contribution in [3.8, 4) is 39.5 Å². The van der Waals surface area contributed by atoms with Crippen molar-refractivity contribution >= 4 is 162 Å². The van der Waals surface area contributed by atoms with Crippen LogP contribution in [-0.4, -0.2) is 24.5 Å². The lowest BCUT2D eigenvalue weighted by molar-refractivity contribution is 1.09. The molecule has 0 spiro atoms. The van der Waals surface area contributed by atoms with E-state index in [9.17, 15) is 0 Å². The Hall–Kier alpha value is -10.7. The average Bonchev–Trinajstić information content (AvgIpc) is 1.71. The van der Waals surface area contributed by atoms with Gasteiger partial charge in [-0.15, -0.1) is 22.7 Å². The molecule has 416 valence electrons. The summed E-state index contributed by atoms with van der Waals surface area (Å²) in [7, 11) is 0. The lowest BCUT2D eigenvalue weighted by atomic mass is 9.95. The van der Waals surface area contributed by atoms with Gasteiger partial charge in [-0.3, -0.25) is 4.57 Å². The van der Waals surface area contributed by atoms with Gasteiger partial charge in [-0.25, -0.2) is 19.9 Å². The largest absolute Gasteiger partial charge is 0.292 e. The lowest BCUT2D eigenvalue weighted by Crippen LogP contribution is -2.03. The van der Waals surface area contributed by atoms with Crippen LogP contribution in [0.3, 0.4) is 0 Å². The molecule has 0 unspecified atom stereocenters. The first-order valence-electron chi connectivity index (χ1n) is 29.9. The molecule has 0 saturated carbocycles. The molecule has 89 heavy (non-hydrogen) atoms. The van der Waals surface area contributed by atoms with Crippen molar-refractivity contribution in [2.45, 2.75) is 6.42 Å². The molecule has 8 heteroatoms. The standard InChI is InChI=1S/C40H23N3S.C24H13ClN2S.C17H12/c1-2-12-25-23-35-32(21-24(25)11-1)30-17-7-9-19-34(30)43(35)39-37(41-38-31-18-8-10-20-36(31)44-40(38)42-39)33-22-26-13-3-4-14-27(26)28-15-5-6-16-29(28)33;25-23-21(26-22-18-11-5-6-12-20(18)28-24(22)27-23)19-13-14-7-1-2-8-15(14)16-9-3-4-10-17(16)19;1-2-6-13-11-17-15(9-12(13)5-1)10-14-7-3-4-8-16(14)17/h1-23H;1-13H;1-9,11H,10H2. The molecule has 0 N–H and O–H groups in total. The first-order valence-corrected chi connectivity index (χ1v) is 31.9. The van der Waals surface area contributed by atoms with Crippen molar-refractivity contribution in [2.75, 3.05) is 0 Å². The van der Waals surface area contributed by atoms with Crippen LogP contribution in [0.2, 0.25) is 5.15 Å². The van der Waals surface area contributed by atoms with Gasteiger partial charge in [0.1, 0.15) is 32.1 Å². The van der Waals surface area contributed by atoms with Crippen LogP contribution in [0.25, 0.3) is 167 Å². The third kappa shape index (κ3) is 8.49. The van der Waals surface area contributed by atoms with Crippen LogP contribution in [0, 0.1) is 0 Å². The molecule has 0 bridgehead atoms. The minimum atomic E-state index is 0.444. The molecular weight excluding hydrogens is 1140 g/mol. The predicted octanol–water partition coefficient (Wildman–Crippen LogP) is 23.0. The zero-order valence-corrected chi connectivity index (χ0v) is 50.1. The second-order valence-corrected chi connectivity index (χ2v) is 25.3. The molecule has 19 aromatic rings. The minimum Gasteiger partial charge on any atom is -0.292 e. The number of aromatic nitrogens is 5. The molecule has 0 saturated heterocycles. The van der Waals surface area contributed by atoms with Gasteiger partial charge in [0.25, 0.3) is 0 Å². The number of hydrogen-bond donors (Lipinski definition) is 0. The smallest absolute Gasteiger partial charge is 0.166 e. The SMILES string of the molecule is Clc1nc2sc3ccccc3c2nc1-c1cc2ccccc2c2ccccc12.c1ccc2c(c1)Cc1cc3ccccc3cc1-2.c1ccc2cc3c(cc2c1)c1ccccc1n3-c1nc2sc3ccccc3c2nc1-c1cc2ccccc2c2ccccc12. The number of nitrogens with zero attached hydrogens (tertiary/aromatic N) is 5. The third-order valence-corrected chi connectivity index (χ3v) is 20.2. The quantitative estimate of drug-likeness (QED) is 0.165. The van der Waals surface area contributed by atoms with Crippen molar-refractivity contribution < 1.29 is 0 Å². The average molecular weight is 1190 g/mol. The highest BCUT2D eigenvalue weighted by atomic mass is 35.5. The van der Waals surface area contributed by atoms with Gasteiger partial charge in [-0.05, 0) is 142 Å². The van der Waals surface area contributed by atoms with Gasteiger partial charge >= 0.3 is 0 Å². The van der Waals surface area contributed by atoms with Crippen LogP contribution < -0.4 is 0 Å². The van der Waals surface area contributed by atoms with E-state index >= 15 is 0 Å². The van der Waals surface area contributed by atoms with E-state index in [4.69, 9.17) is 31.5 Å². The molecule has 1 aliphatic carbocycles. The van der Waals surface area contributed by atoms with Crippen LogP contribution in [0.5, 0.6) is 0 Å². The Kier molecular flexibility index (Phi) is 12.0. The Morgan fingerprint density at radius 3 is 1.36 bits per heavy atom. The Balaban J connectivity index is 0.000000111. The van der Waals surface area contributed by atoms with Crippen LogP contribution in [0.15, 0.2) is 279 Å². The first-order chi connectivity index (χ1) is 44.0. The number of rotatable bonds is 3. The van der Waals surface area contributed by atoms with Gasteiger partial charge in [0.2, 0.25) is 0 Å². The van der Waals surface area contributed by atoms with Crippen molar-refractivity contribution in [3.63, 3.8) is 0 Å². The molecular formula is C81H48ClN5S2. The summed E-state index contributed by atoms with van der Waals surface area (Å²) in [6.07, 6.45) is 1.08. The van der Waals surface area contributed by atoms with Gasteiger partial charge in [-0.1, -0.05) is 242 Å². The molecule has 5 aromatic heterocycles. The Morgan fingerprint density at radius 2 is 0.730 bits per heavy atom. The summed E-state index contributed by atoms with van der Waals surface area (Å²) in [5.74, 6) is 0.853. The molecule has 1 aliphatic rings. The normalized spacial score (nSPS) is 12.1. The molecule has 0 aliphatic heterocycles. The van der Waals surface area contributed by atoms with E-state index in [1.807, 2.05) is 12.1 Å². The summed E-state index contributed by atoms with van der Waals surface area (Å²) in [5, 5.41) is 19.8. The van der Waals surface area contributed by atoms with Crippen LogP contribution in [0.1, 0.15) is 11.1 Å². The number of thiophene rings is 2. The zero-order chi connectivity index (χ0) is 58.7. The molecule has 0 atom stereocenters. The summed E-state index contributed by atoms with van der Waals surface area (Å²) < 4.78 is 4.71. The second-order valence-electron chi connectivity index (χ2n) is 22.9. The minimum absolute atomic E-state index is 0.444. The summed E-state index contributed by atoms with van der Waals surface area (Å²) in [5.41, 5.74) is 13.6. The maximum absolute atomic E-state index is 6.65. The second kappa shape index (κ2) is 20.8. The van der Waals surface area contributed by atoms with E-state index in [-0.39, 0.29) is 0 Å². The number of hydrogen-bond acceptors (Lipinski definition) is 6. The maximum atomic E-state index is 6.65. The van der Waals surface area contributed by atoms with Gasteiger partial charge in [-0.2, -0.15) is 0 Å². The molecule has 20 rings (SSSR count). The van der Waals surface area contributed by atoms with Crippen molar-refractivity contribution in [2.24, 2.45) is 0 Å². The van der Waals surface area contributed by atoms with Crippen LogP contribution in [0.4, 0.5) is 0 Å².